The van der Waals surface area contributed by atoms with Crippen molar-refractivity contribution in [2.24, 2.45) is 11.8 Å². The van der Waals surface area contributed by atoms with Gasteiger partial charge in [-0.2, -0.15) is 0 Å². The molecule has 0 saturated carbocycles. The largest absolute Gasteiger partial charge is 0.481 e. The molecular formula is C20H24N4O4. The lowest BCUT2D eigenvalue weighted by molar-refractivity contribution is -0.143. The second-order valence-corrected chi connectivity index (χ2v) is 7.97. The molecule has 28 heavy (non-hydrogen) atoms. The number of likely N-dealkylation sites (tertiary alicyclic amines) is 1. The van der Waals surface area contributed by atoms with E-state index in [4.69, 9.17) is 9.47 Å². The number of pyridine rings is 1. The number of rotatable bonds is 3. The van der Waals surface area contributed by atoms with E-state index in [-0.39, 0.29) is 23.8 Å². The van der Waals surface area contributed by atoms with E-state index < -0.39 is 11.5 Å². The first-order valence-corrected chi connectivity index (χ1v) is 9.68. The molecule has 0 N–H and O–H groups in total. The molecule has 4 aliphatic heterocycles. The number of amides is 2. The van der Waals surface area contributed by atoms with Gasteiger partial charge in [0.15, 0.2) is 0 Å². The highest BCUT2D eigenvalue weighted by atomic mass is 16.5. The van der Waals surface area contributed by atoms with E-state index in [2.05, 4.69) is 9.88 Å². The van der Waals surface area contributed by atoms with Gasteiger partial charge in [0.2, 0.25) is 17.7 Å². The minimum Gasteiger partial charge on any atom is -0.481 e. The maximum absolute atomic E-state index is 13.3. The van der Waals surface area contributed by atoms with Gasteiger partial charge in [0.25, 0.3) is 0 Å². The smallest absolute Gasteiger partial charge is 0.229 e. The Morgan fingerprint density at radius 1 is 1.29 bits per heavy atom. The summed E-state index contributed by atoms with van der Waals surface area (Å²) in [5.41, 5.74) is 0.415. The Balaban J connectivity index is 1.27. The van der Waals surface area contributed by atoms with E-state index in [0.717, 1.165) is 18.8 Å². The number of ether oxygens (including phenoxy) is 2. The molecule has 8 heteroatoms. The highest BCUT2D eigenvalue weighted by Crippen LogP contribution is 2.52. The van der Waals surface area contributed by atoms with Crippen LogP contribution in [0.4, 0.5) is 5.69 Å². The van der Waals surface area contributed by atoms with Crippen molar-refractivity contribution >= 4 is 17.5 Å². The number of piperazine rings is 1. The van der Waals surface area contributed by atoms with E-state index >= 15 is 0 Å². The van der Waals surface area contributed by atoms with Crippen molar-refractivity contribution < 1.29 is 19.1 Å². The third-order valence-electron chi connectivity index (χ3n) is 6.46. The van der Waals surface area contributed by atoms with E-state index in [1.807, 2.05) is 29.2 Å². The van der Waals surface area contributed by atoms with Crippen LogP contribution < -0.4 is 9.64 Å². The third kappa shape index (κ3) is 2.44. The van der Waals surface area contributed by atoms with Gasteiger partial charge in [0.05, 0.1) is 43.5 Å². The van der Waals surface area contributed by atoms with Crippen molar-refractivity contribution in [1.82, 2.24) is 14.8 Å². The summed E-state index contributed by atoms with van der Waals surface area (Å²) in [6.45, 7) is 3.25. The van der Waals surface area contributed by atoms with Crippen LogP contribution >= 0.6 is 0 Å². The Morgan fingerprint density at radius 2 is 2.07 bits per heavy atom. The molecule has 4 aliphatic rings. The van der Waals surface area contributed by atoms with E-state index in [1.165, 1.54) is 0 Å². The van der Waals surface area contributed by atoms with Crippen molar-refractivity contribution in [1.29, 1.82) is 0 Å². The number of likely N-dealkylation sites (N-methyl/N-ethyl adjacent to an activating group) is 1. The van der Waals surface area contributed by atoms with Crippen molar-refractivity contribution in [2.45, 2.75) is 11.7 Å². The SMILES string of the molecule is COc1ccc(N2CCN(C(=O)[C@H]3[C@@H]4C=C[C@@]5(CN(C)C(=O)[C@@H]35)O4)CC2)cn1. The van der Waals surface area contributed by atoms with Crippen molar-refractivity contribution in [3.8, 4) is 5.88 Å². The molecule has 0 aliphatic carbocycles. The average molecular weight is 384 g/mol. The third-order valence-corrected chi connectivity index (χ3v) is 6.46. The topological polar surface area (TPSA) is 75.2 Å². The quantitative estimate of drug-likeness (QED) is 0.691. The number of hydrogen-bond donors (Lipinski definition) is 0. The summed E-state index contributed by atoms with van der Waals surface area (Å²) in [4.78, 5) is 36.0. The van der Waals surface area contributed by atoms with Gasteiger partial charge in [-0.05, 0) is 6.07 Å². The Hall–Kier alpha value is -2.61. The molecule has 2 amide bonds. The average Bonchev–Trinajstić information content (AvgIpc) is 3.36. The molecule has 148 valence electrons. The highest BCUT2D eigenvalue weighted by Gasteiger charge is 2.66. The van der Waals surface area contributed by atoms with Crippen LogP contribution in [0.3, 0.4) is 0 Å². The first-order chi connectivity index (χ1) is 13.5. The van der Waals surface area contributed by atoms with Gasteiger partial charge in [-0.25, -0.2) is 4.98 Å². The summed E-state index contributed by atoms with van der Waals surface area (Å²) in [5.74, 6) is -0.145. The van der Waals surface area contributed by atoms with Crippen LogP contribution in [-0.2, 0) is 14.3 Å². The van der Waals surface area contributed by atoms with Crippen LogP contribution in [0.15, 0.2) is 30.5 Å². The Labute approximate surface area is 163 Å². The minimum absolute atomic E-state index is 0.0214. The van der Waals surface area contributed by atoms with Crippen molar-refractivity contribution in [2.75, 3.05) is 51.8 Å². The number of anilines is 1. The number of carbonyl (C=O) groups is 2. The van der Waals surface area contributed by atoms with E-state index in [0.29, 0.717) is 25.5 Å². The maximum atomic E-state index is 13.3. The van der Waals surface area contributed by atoms with Crippen molar-refractivity contribution in [3.05, 3.63) is 30.5 Å². The number of aromatic nitrogens is 1. The monoisotopic (exact) mass is 384 g/mol. The Kier molecular flexibility index (Phi) is 3.87. The molecule has 0 unspecified atom stereocenters. The molecule has 1 aromatic rings. The molecule has 0 radical (unpaired) electrons. The fraction of sp³-hybridized carbons (Fsp3) is 0.550. The maximum Gasteiger partial charge on any atom is 0.229 e. The molecule has 0 aromatic carbocycles. The predicted molar refractivity (Wildman–Crippen MR) is 101 cm³/mol. The van der Waals surface area contributed by atoms with Gasteiger partial charge in [0.1, 0.15) is 5.60 Å². The van der Waals surface area contributed by atoms with Crippen LogP contribution in [0.1, 0.15) is 0 Å². The van der Waals surface area contributed by atoms with E-state index in [9.17, 15) is 9.59 Å². The van der Waals surface area contributed by atoms with Crippen LogP contribution in [-0.4, -0.2) is 85.2 Å². The first kappa shape index (κ1) is 17.5. The standard InChI is InChI=1S/C20H24N4O4/c1-22-12-20-6-5-14(28-20)16(17(20)19(22)26)18(25)24-9-7-23(8-10-24)13-3-4-15(27-2)21-11-13/h3-6,11,14,16-17H,7-10,12H2,1-2H3/t14-,16-,17+,20-/m0/s1. The van der Waals surface area contributed by atoms with Gasteiger partial charge in [-0.3, -0.25) is 9.59 Å². The van der Waals surface area contributed by atoms with Crippen LogP contribution in [0.5, 0.6) is 5.88 Å². The second kappa shape index (κ2) is 6.20. The number of carbonyl (C=O) groups excluding carboxylic acids is 2. The van der Waals surface area contributed by atoms with Crippen LogP contribution in [0.25, 0.3) is 0 Å². The predicted octanol–water partition coefficient (Wildman–Crippen LogP) is 0.151. The lowest BCUT2D eigenvalue weighted by Crippen LogP contribution is -2.53. The molecular weight excluding hydrogens is 360 g/mol. The van der Waals surface area contributed by atoms with Gasteiger partial charge in [-0.1, -0.05) is 12.2 Å². The number of methoxy groups -OCH3 is 1. The number of nitrogens with zero attached hydrogens (tertiary/aromatic N) is 4. The summed E-state index contributed by atoms with van der Waals surface area (Å²) in [6, 6.07) is 3.82. The molecule has 1 aromatic heterocycles. The second-order valence-electron chi connectivity index (χ2n) is 7.97. The summed E-state index contributed by atoms with van der Waals surface area (Å²) < 4.78 is 11.2. The summed E-state index contributed by atoms with van der Waals surface area (Å²) in [7, 11) is 3.38. The first-order valence-electron chi connectivity index (χ1n) is 9.68. The van der Waals surface area contributed by atoms with Crippen LogP contribution in [0.2, 0.25) is 0 Å². The molecule has 3 fully saturated rings. The molecule has 3 saturated heterocycles. The Morgan fingerprint density at radius 3 is 2.75 bits per heavy atom. The fourth-order valence-electron chi connectivity index (χ4n) is 5.05. The fourth-order valence-corrected chi connectivity index (χ4v) is 5.05. The lowest BCUT2D eigenvalue weighted by Gasteiger charge is -2.38. The molecule has 5 heterocycles. The number of hydrogen-bond acceptors (Lipinski definition) is 6. The highest BCUT2D eigenvalue weighted by molar-refractivity contribution is 5.93. The minimum atomic E-state index is -0.604. The summed E-state index contributed by atoms with van der Waals surface area (Å²) in [6.07, 6.45) is 5.47. The molecule has 8 nitrogen and oxygen atoms in total. The van der Waals surface area contributed by atoms with Gasteiger partial charge in [-0.15, -0.1) is 0 Å². The van der Waals surface area contributed by atoms with Gasteiger partial charge in [0, 0.05) is 39.3 Å². The lowest BCUT2D eigenvalue weighted by atomic mass is 9.76. The van der Waals surface area contributed by atoms with Crippen molar-refractivity contribution in [3.63, 3.8) is 0 Å². The zero-order valence-corrected chi connectivity index (χ0v) is 16.1. The molecule has 1 spiro atoms. The van der Waals surface area contributed by atoms with Gasteiger partial charge < -0.3 is 24.2 Å². The zero-order chi connectivity index (χ0) is 19.5. The Bertz CT molecular complexity index is 833. The zero-order valence-electron chi connectivity index (χ0n) is 16.1. The molecule has 2 bridgehead atoms. The van der Waals surface area contributed by atoms with Gasteiger partial charge >= 0.3 is 0 Å². The molecule has 4 atom stereocenters. The normalized spacial score (nSPS) is 33.6. The number of fused-ring (bicyclic) bond motifs is 1. The van der Waals surface area contributed by atoms with Crippen LogP contribution in [0, 0.1) is 11.8 Å². The van der Waals surface area contributed by atoms with E-state index in [1.54, 1.807) is 25.3 Å². The molecule has 5 rings (SSSR count). The summed E-state index contributed by atoms with van der Waals surface area (Å²) in [5, 5.41) is 0. The summed E-state index contributed by atoms with van der Waals surface area (Å²) >= 11 is 0.